The maximum absolute atomic E-state index is 10.6. The Balaban J connectivity index is 3.76. The van der Waals surface area contributed by atoms with Gasteiger partial charge in [-0.2, -0.15) is 0 Å². The summed E-state index contributed by atoms with van der Waals surface area (Å²) in [6.45, 7) is 0. The number of rotatable bonds is 3. The van der Waals surface area contributed by atoms with Crippen LogP contribution in [-0.2, 0) is 0 Å². The summed E-state index contributed by atoms with van der Waals surface area (Å²) in [5, 5.41) is 31.0. The van der Waals surface area contributed by atoms with Crippen molar-refractivity contribution in [3.8, 4) is 0 Å². The summed E-state index contributed by atoms with van der Waals surface area (Å²) in [7, 11) is 0. The molecule has 1 rings (SSSR count). The molecule has 9 nitrogen and oxygen atoms in total. The normalized spacial score (nSPS) is 10.0. The molecule has 0 spiro atoms. The Bertz CT molecular complexity index is 509. The van der Waals surface area contributed by atoms with Crippen LogP contribution in [0, 0.1) is 30.3 Å². The van der Waals surface area contributed by atoms with Crippen molar-refractivity contribution < 1.29 is 14.8 Å². The highest BCUT2D eigenvalue weighted by Gasteiger charge is 2.34. The van der Waals surface area contributed by atoms with E-state index in [9.17, 15) is 30.3 Å². The maximum Gasteiger partial charge on any atom is 0.316 e. The second-order valence-corrected chi connectivity index (χ2v) is 3.83. The van der Waals surface area contributed by atoms with Crippen molar-refractivity contribution in [2.24, 2.45) is 0 Å². The number of hydrogen-bond donors (Lipinski definition) is 0. The summed E-state index contributed by atoms with van der Waals surface area (Å²) in [5.74, 6) is 0. The van der Waals surface area contributed by atoms with Gasteiger partial charge in [0.25, 0.3) is 5.69 Å². The van der Waals surface area contributed by atoms with Crippen LogP contribution in [0.25, 0.3) is 0 Å². The number of nitrogens with zero attached hydrogens (tertiary/aromatic N) is 3. The quantitative estimate of drug-likeness (QED) is 0.620. The number of nitro groups is 3. The van der Waals surface area contributed by atoms with Gasteiger partial charge in [0.1, 0.15) is 0 Å². The Labute approximate surface area is 106 Å². The Morgan fingerprint density at radius 2 is 1.47 bits per heavy atom. The average molecular weight is 326 g/mol. The summed E-state index contributed by atoms with van der Waals surface area (Å²) >= 11 is 8.07. The Kier molecular flexibility index (Phi) is 3.58. The van der Waals surface area contributed by atoms with E-state index < -0.39 is 41.3 Å². The van der Waals surface area contributed by atoms with Crippen LogP contribution < -0.4 is 0 Å². The van der Waals surface area contributed by atoms with Gasteiger partial charge in [-0.1, -0.05) is 11.6 Å². The molecular formula is C6HBrClN3O6. The predicted molar refractivity (Wildman–Crippen MR) is 59.1 cm³/mol. The lowest BCUT2D eigenvalue weighted by atomic mass is 10.2. The van der Waals surface area contributed by atoms with Crippen LogP contribution in [0.5, 0.6) is 0 Å². The number of halogens is 2. The molecule has 0 N–H and O–H groups in total. The van der Waals surface area contributed by atoms with Gasteiger partial charge < -0.3 is 0 Å². The van der Waals surface area contributed by atoms with E-state index in [1.54, 1.807) is 0 Å². The average Bonchev–Trinajstić information content (AvgIpc) is 2.15. The first kappa shape index (κ1) is 13.3. The molecule has 1 aromatic rings. The van der Waals surface area contributed by atoms with E-state index in [1.807, 2.05) is 0 Å². The molecule has 0 atom stereocenters. The lowest BCUT2D eigenvalue weighted by molar-refractivity contribution is -0.404. The smallest absolute Gasteiger partial charge is 0.258 e. The van der Waals surface area contributed by atoms with Gasteiger partial charge in [-0.05, 0) is 15.9 Å². The molecule has 0 fully saturated rings. The summed E-state index contributed by atoms with van der Waals surface area (Å²) in [5.41, 5.74) is -2.60. The Morgan fingerprint density at radius 1 is 1.00 bits per heavy atom. The van der Waals surface area contributed by atoms with Crippen LogP contribution in [0.2, 0.25) is 5.02 Å². The number of nitro benzene ring substituents is 3. The fraction of sp³-hybridized carbons (Fsp3) is 0. The van der Waals surface area contributed by atoms with Crippen molar-refractivity contribution in [1.82, 2.24) is 0 Å². The van der Waals surface area contributed by atoms with Crippen LogP contribution in [0.3, 0.4) is 0 Å². The third kappa shape index (κ3) is 2.31. The van der Waals surface area contributed by atoms with Gasteiger partial charge in [-0.3, -0.25) is 30.3 Å². The van der Waals surface area contributed by atoms with E-state index in [0.29, 0.717) is 6.07 Å². The Hall–Kier alpha value is -1.81. The fourth-order valence-electron chi connectivity index (χ4n) is 1.02. The van der Waals surface area contributed by atoms with Gasteiger partial charge >= 0.3 is 11.4 Å². The largest absolute Gasteiger partial charge is 0.316 e. The molecule has 0 aliphatic rings. The molecule has 11 heteroatoms. The first-order valence-electron chi connectivity index (χ1n) is 3.72. The van der Waals surface area contributed by atoms with Crippen molar-refractivity contribution in [2.45, 2.75) is 0 Å². The molecule has 17 heavy (non-hydrogen) atoms. The fourth-order valence-corrected chi connectivity index (χ4v) is 2.02. The highest BCUT2D eigenvalue weighted by atomic mass is 79.9. The minimum atomic E-state index is -1.04. The zero-order valence-electron chi connectivity index (χ0n) is 7.62. The maximum atomic E-state index is 10.6. The van der Waals surface area contributed by atoms with Crippen LogP contribution in [0.4, 0.5) is 17.1 Å². The number of benzene rings is 1. The van der Waals surface area contributed by atoms with Gasteiger partial charge in [0.05, 0.1) is 20.8 Å². The summed E-state index contributed by atoms with van der Waals surface area (Å²) < 4.78 is -0.511. The van der Waals surface area contributed by atoms with Crippen LogP contribution >= 0.6 is 27.5 Å². The molecule has 1 aromatic carbocycles. The van der Waals surface area contributed by atoms with E-state index in [1.165, 1.54) is 0 Å². The van der Waals surface area contributed by atoms with Gasteiger partial charge in [0, 0.05) is 0 Å². The molecule has 0 aliphatic heterocycles. The van der Waals surface area contributed by atoms with Crippen molar-refractivity contribution in [3.63, 3.8) is 0 Å². The molecule has 0 aliphatic carbocycles. The molecule has 0 radical (unpaired) electrons. The third-order valence-corrected chi connectivity index (χ3v) is 2.87. The van der Waals surface area contributed by atoms with E-state index in [4.69, 9.17) is 11.6 Å². The highest BCUT2D eigenvalue weighted by molar-refractivity contribution is 9.10. The van der Waals surface area contributed by atoms with Crippen molar-refractivity contribution in [2.75, 3.05) is 0 Å². The first-order chi connectivity index (χ1) is 7.77. The molecule has 90 valence electrons. The molecule has 0 bridgehead atoms. The summed E-state index contributed by atoms with van der Waals surface area (Å²) in [6.07, 6.45) is 0. The summed E-state index contributed by atoms with van der Waals surface area (Å²) in [4.78, 5) is 28.7. The molecular weight excluding hydrogens is 325 g/mol. The number of hydrogen-bond acceptors (Lipinski definition) is 6. The minimum absolute atomic E-state index is 0.511. The highest BCUT2D eigenvalue weighted by Crippen LogP contribution is 2.44. The van der Waals surface area contributed by atoms with Gasteiger partial charge in [-0.25, -0.2) is 0 Å². The van der Waals surface area contributed by atoms with Gasteiger partial charge in [-0.15, -0.1) is 0 Å². The zero-order valence-corrected chi connectivity index (χ0v) is 9.97. The molecule has 0 saturated heterocycles. The van der Waals surface area contributed by atoms with Crippen molar-refractivity contribution in [3.05, 3.63) is 45.9 Å². The van der Waals surface area contributed by atoms with E-state index in [-0.39, 0.29) is 0 Å². The standard InChI is InChI=1S/C6HBrClN3O6/c7-4-2(9(12)13)1-3(10(14)15)5(8)6(4)11(16)17/h1H. The SMILES string of the molecule is O=[N+]([O-])c1cc([N+](=O)[O-])c(Br)c([N+](=O)[O-])c1Cl. The third-order valence-electron chi connectivity index (χ3n) is 1.71. The van der Waals surface area contributed by atoms with Crippen molar-refractivity contribution in [1.29, 1.82) is 0 Å². The van der Waals surface area contributed by atoms with Crippen LogP contribution in [0.1, 0.15) is 0 Å². The minimum Gasteiger partial charge on any atom is -0.258 e. The van der Waals surface area contributed by atoms with Crippen molar-refractivity contribution >= 4 is 44.6 Å². The predicted octanol–water partition coefficient (Wildman–Crippen LogP) is 2.83. The topological polar surface area (TPSA) is 129 Å². The lowest BCUT2D eigenvalue weighted by Crippen LogP contribution is -2.00. The van der Waals surface area contributed by atoms with E-state index in [2.05, 4.69) is 15.9 Å². The lowest BCUT2D eigenvalue weighted by Gasteiger charge is -2.00. The van der Waals surface area contributed by atoms with Crippen LogP contribution in [0.15, 0.2) is 10.5 Å². The van der Waals surface area contributed by atoms with Gasteiger partial charge in [0.15, 0.2) is 9.50 Å². The molecule has 0 saturated carbocycles. The van der Waals surface area contributed by atoms with E-state index in [0.717, 1.165) is 0 Å². The molecule has 0 amide bonds. The van der Waals surface area contributed by atoms with Crippen LogP contribution in [-0.4, -0.2) is 14.8 Å². The second-order valence-electron chi connectivity index (χ2n) is 2.66. The first-order valence-corrected chi connectivity index (χ1v) is 4.89. The van der Waals surface area contributed by atoms with E-state index >= 15 is 0 Å². The molecule has 0 unspecified atom stereocenters. The molecule has 0 aromatic heterocycles. The summed E-state index contributed by atoms with van der Waals surface area (Å²) in [6, 6.07) is 0.555. The second kappa shape index (κ2) is 4.59. The molecule has 0 heterocycles. The zero-order chi connectivity index (χ0) is 13.3. The monoisotopic (exact) mass is 325 g/mol. The Morgan fingerprint density at radius 3 is 1.82 bits per heavy atom. The van der Waals surface area contributed by atoms with Gasteiger partial charge in [0.2, 0.25) is 0 Å².